The van der Waals surface area contributed by atoms with E-state index in [0.29, 0.717) is 0 Å². The summed E-state index contributed by atoms with van der Waals surface area (Å²) in [6.07, 6.45) is 3.64. The number of hydrogen-bond donors (Lipinski definition) is 2. The molecule has 0 atom stereocenters. The van der Waals surface area contributed by atoms with Crippen LogP contribution in [-0.4, -0.2) is 43.2 Å². The van der Waals surface area contributed by atoms with Crippen molar-refractivity contribution >= 4 is 23.8 Å². The summed E-state index contributed by atoms with van der Waals surface area (Å²) in [4.78, 5) is 26.8. The number of nitrogens with one attached hydrogen (secondary N) is 1. The van der Waals surface area contributed by atoms with E-state index in [1.54, 1.807) is 6.92 Å². The fourth-order valence-corrected chi connectivity index (χ4v) is 1.45. The van der Waals surface area contributed by atoms with Crippen molar-refractivity contribution in [2.45, 2.75) is 13.5 Å². The predicted molar refractivity (Wildman–Crippen MR) is 67.9 cm³/mol. The SMILES string of the molecule is CCOC(=O)Nc1cn(CC(=O)n2ccnc2N)nn1. The van der Waals surface area contributed by atoms with E-state index < -0.39 is 6.09 Å². The van der Waals surface area contributed by atoms with Crippen molar-refractivity contribution in [3.63, 3.8) is 0 Å². The van der Waals surface area contributed by atoms with E-state index >= 15 is 0 Å². The lowest BCUT2D eigenvalue weighted by atomic mass is 10.5. The van der Waals surface area contributed by atoms with Crippen molar-refractivity contribution in [3.8, 4) is 0 Å². The second-order valence-corrected chi connectivity index (χ2v) is 3.70. The first-order chi connectivity index (χ1) is 9.60. The third-order valence-electron chi connectivity index (χ3n) is 2.28. The average molecular weight is 279 g/mol. The minimum absolute atomic E-state index is 0.0853. The number of ether oxygens (including phenoxy) is 1. The molecule has 20 heavy (non-hydrogen) atoms. The van der Waals surface area contributed by atoms with Crippen LogP contribution in [0.25, 0.3) is 0 Å². The molecule has 0 spiro atoms. The first-order valence-electron chi connectivity index (χ1n) is 5.76. The van der Waals surface area contributed by atoms with Gasteiger partial charge in [0.25, 0.3) is 5.91 Å². The maximum Gasteiger partial charge on any atom is 0.412 e. The molecule has 2 rings (SSSR count). The molecule has 1 amide bonds. The number of carbonyl (C=O) groups excluding carboxylic acids is 2. The van der Waals surface area contributed by atoms with Crippen LogP contribution >= 0.6 is 0 Å². The van der Waals surface area contributed by atoms with Gasteiger partial charge in [-0.05, 0) is 6.92 Å². The standard InChI is InChI=1S/C10H13N7O3/c1-2-20-10(19)13-7-5-16(15-14-7)6-8(18)17-4-3-12-9(17)11/h3-5H,2,6H2,1H3,(H2,11,12)(H,13,19). The van der Waals surface area contributed by atoms with Crippen LogP contribution in [0.3, 0.4) is 0 Å². The van der Waals surface area contributed by atoms with Gasteiger partial charge in [-0.25, -0.2) is 14.5 Å². The molecule has 3 N–H and O–H groups in total. The van der Waals surface area contributed by atoms with Crippen molar-refractivity contribution in [1.29, 1.82) is 0 Å². The normalized spacial score (nSPS) is 10.2. The molecule has 0 aliphatic carbocycles. The van der Waals surface area contributed by atoms with Crippen LogP contribution in [0.4, 0.5) is 16.6 Å². The van der Waals surface area contributed by atoms with Crippen LogP contribution in [0, 0.1) is 0 Å². The minimum atomic E-state index is -0.635. The van der Waals surface area contributed by atoms with Gasteiger partial charge >= 0.3 is 6.09 Å². The Hall–Kier alpha value is -2.91. The van der Waals surface area contributed by atoms with E-state index in [9.17, 15) is 9.59 Å². The topological polar surface area (TPSA) is 130 Å². The fraction of sp³-hybridized carbons (Fsp3) is 0.300. The molecule has 106 valence electrons. The summed E-state index contributed by atoms with van der Waals surface area (Å²) < 4.78 is 7.15. The lowest BCUT2D eigenvalue weighted by molar-refractivity contribution is 0.0888. The molecular formula is C10H13N7O3. The first kappa shape index (κ1) is 13.5. The Morgan fingerprint density at radius 1 is 1.50 bits per heavy atom. The van der Waals surface area contributed by atoms with Gasteiger partial charge < -0.3 is 10.5 Å². The van der Waals surface area contributed by atoms with Crippen LogP contribution in [-0.2, 0) is 11.3 Å². The monoisotopic (exact) mass is 279 g/mol. The first-order valence-corrected chi connectivity index (χ1v) is 5.76. The predicted octanol–water partition coefficient (Wildman–Crippen LogP) is -0.0344. The number of hydrogen-bond acceptors (Lipinski definition) is 7. The lowest BCUT2D eigenvalue weighted by Crippen LogP contribution is -2.19. The Kier molecular flexibility index (Phi) is 3.93. The van der Waals surface area contributed by atoms with Gasteiger partial charge in [0, 0.05) is 12.4 Å². The van der Waals surface area contributed by atoms with Gasteiger partial charge in [0.15, 0.2) is 5.82 Å². The molecule has 10 heteroatoms. The Morgan fingerprint density at radius 2 is 2.30 bits per heavy atom. The van der Waals surface area contributed by atoms with Gasteiger partial charge in [-0.1, -0.05) is 5.21 Å². The van der Waals surface area contributed by atoms with E-state index in [0.717, 1.165) is 0 Å². The molecule has 0 saturated carbocycles. The Balaban J connectivity index is 1.98. The zero-order valence-corrected chi connectivity index (χ0v) is 10.7. The maximum atomic E-state index is 11.9. The summed E-state index contributed by atoms with van der Waals surface area (Å²) in [5.41, 5.74) is 5.51. The maximum absolute atomic E-state index is 11.9. The molecule has 0 aromatic carbocycles. The van der Waals surface area contributed by atoms with Gasteiger partial charge in [-0.2, -0.15) is 0 Å². The molecule has 2 aromatic heterocycles. The highest BCUT2D eigenvalue weighted by molar-refractivity contribution is 5.83. The number of nitrogens with two attached hydrogens (primary N) is 1. The molecule has 0 bridgehead atoms. The van der Waals surface area contributed by atoms with E-state index in [1.165, 1.54) is 27.8 Å². The number of imidazole rings is 1. The highest BCUT2D eigenvalue weighted by Crippen LogP contribution is 2.03. The molecule has 2 aromatic rings. The zero-order chi connectivity index (χ0) is 14.5. The second-order valence-electron chi connectivity index (χ2n) is 3.70. The fourth-order valence-electron chi connectivity index (χ4n) is 1.45. The Labute approximate surface area is 113 Å². The van der Waals surface area contributed by atoms with Gasteiger partial charge in [-0.3, -0.25) is 14.7 Å². The summed E-state index contributed by atoms with van der Waals surface area (Å²) in [5.74, 6) is -0.0394. The van der Waals surface area contributed by atoms with Crippen molar-refractivity contribution in [2.24, 2.45) is 0 Å². The van der Waals surface area contributed by atoms with Crippen LogP contribution in [0.5, 0.6) is 0 Å². The van der Waals surface area contributed by atoms with E-state index in [1.807, 2.05) is 0 Å². The third kappa shape index (κ3) is 3.10. The van der Waals surface area contributed by atoms with Crippen LogP contribution in [0.15, 0.2) is 18.6 Å². The van der Waals surface area contributed by atoms with E-state index in [-0.39, 0.29) is 30.8 Å². The summed E-state index contributed by atoms with van der Waals surface area (Å²) in [5, 5.41) is 9.77. The summed E-state index contributed by atoms with van der Waals surface area (Å²) >= 11 is 0. The molecule has 0 fully saturated rings. The van der Waals surface area contributed by atoms with Crippen molar-refractivity contribution in [1.82, 2.24) is 24.5 Å². The van der Waals surface area contributed by atoms with Gasteiger partial charge in [0.2, 0.25) is 5.95 Å². The number of nitrogens with zero attached hydrogens (tertiary/aromatic N) is 5. The molecule has 2 heterocycles. The number of aromatic nitrogens is 5. The highest BCUT2D eigenvalue weighted by atomic mass is 16.5. The van der Waals surface area contributed by atoms with Gasteiger partial charge in [0.05, 0.1) is 12.8 Å². The molecule has 0 aliphatic rings. The van der Waals surface area contributed by atoms with Crippen molar-refractivity contribution in [3.05, 3.63) is 18.6 Å². The molecule has 0 saturated heterocycles. The zero-order valence-electron chi connectivity index (χ0n) is 10.7. The Morgan fingerprint density at radius 3 is 2.95 bits per heavy atom. The molecule has 10 nitrogen and oxygen atoms in total. The number of amides is 1. The van der Waals surface area contributed by atoms with Crippen LogP contribution in [0.2, 0.25) is 0 Å². The molecule has 0 unspecified atom stereocenters. The smallest absolute Gasteiger partial charge is 0.412 e. The minimum Gasteiger partial charge on any atom is -0.450 e. The summed E-state index contributed by atoms with van der Waals surface area (Å²) in [6.45, 7) is 1.85. The van der Waals surface area contributed by atoms with Crippen LogP contribution < -0.4 is 11.1 Å². The summed E-state index contributed by atoms with van der Waals surface area (Å²) in [7, 11) is 0. The summed E-state index contributed by atoms with van der Waals surface area (Å²) in [6, 6.07) is 0. The second kappa shape index (κ2) is 5.82. The number of anilines is 2. The molecular weight excluding hydrogens is 266 g/mol. The highest BCUT2D eigenvalue weighted by Gasteiger charge is 2.11. The third-order valence-corrected chi connectivity index (χ3v) is 2.28. The lowest BCUT2D eigenvalue weighted by Gasteiger charge is -2.02. The van der Waals surface area contributed by atoms with Gasteiger partial charge in [0.1, 0.15) is 6.54 Å². The van der Waals surface area contributed by atoms with Crippen molar-refractivity contribution in [2.75, 3.05) is 17.7 Å². The van der Waals surface area contributed by atoms with E-state index in [2.05, 4.69) is 25.3 Å². The molecule has 0 aliphatic heterocycles. The quantitative estimate of drug-likeness (QED) is 0.803. The van der Waals surface area contributed by atoms with Crippen molar-refractivity contribution < 1.29 is 14.3 Å². The number of rotatable bonds is 4. The largest absolute Gasteiger partial charge is 0.450 e. The number of carbonyl (C=O) groups is 2. The number of nitrogen functional groups attached to an aromatic ring is 1. The van der Waals surface area contributed by atoms with Gasteiger partial charge in [-0.15, -0.1) is 5.10 Å². The van der Waals surface area contributed by atoms with Crippen LogP contribution in [0.1, 0.15) is 11.7 Å². The Bertz CT molecular complexity index is 618. The molecule has 0 radical (unpaired) electrons. The van der Waals surface area contributed by atoms with E-state index in [4.69, 9.17) is 5.73 Å². The average Bonchev–Trinajstić information content (AvgIpc) is 2.99.